The molecule has 2 nitrogen and oxygen atoms in total. The number of nitrogens with zero attached hydrogens (tertiary/aromatic N) is 1. The zero-order valence-corrected chi connectivity index (χ0v) is 12.7. The highest BCUT2D eigenvalue weighted by Crippen LogP contribution is 2.42. The Kier molecular flexibility index (Phi) is 3.45. The van der Waals surface area contributed by atoms with Crippen LogP contribution in [0.3, 0.4) is 0 Å². The van der Waals surface area contributed by atoms with E-state index >= 15 is 0 Å². The molecule has 0 saturated carbocycles. The Morgan fingerprint density at radius 2 is 1.59 bits per heavy atom. The minimum atomic E-state index is 0.287. The van der Waals surface area contributed by atoms with Crippen LogP contribution in [0.15, 0.2) is 54.6 Å². The first kappa shape index (κ1) is 13.6. The summed E-state index contributed by atoms with van der Waals surface area (Å²) in [5, 5.41) is 0. The minimum Gasteiger partial charge on any atom is -0.336 e. The Bertz CT molecular complexity index is 679. The molecule has 0 bridgehead atoms. The van der Waals surface area contributed by atoms with Gasteiger partial charge in [-0.25, -0.2) is 0 Å². The first-order valence-corrected chi connectivity index (χ1v) is 8.28. The highest BCUT2D eigenvalue weighted by Gasteiger charge is 2.35. The van der Waals surface area contributed by atoms with Crippen molar-refractivity contribution in [2.45, 2.75) is 37.6 Å². The number of fused-ring (bicyclic) bond motifs is 3. The Hall–Kier alpha value is -2.09. The zero-order chi connectivity index (χ0) is 14.9. The van der Waals surface area contributed by atoms with Crippen molar-refractivity contribution in [3.63, 3.8) is 0 Å². The summed E-state index contributed by atoms with van der Waals surface area (Å²) in [5.41, 5.74) is 4.17. The summed E-state index contributed by atoms with van der Waals surface area (Å²) in [6, 6.07) is 19.8. The molecule has 0 aromatic heterocycles. The van der Waals surface area contributed by atoms with Gasteiger partial charge in [-0.2, -0.15) is 0 Å². The fourth-order valence-corrected chi connectivity index (χ4v) is 4.12. The van der Waals surface area contributed by atoms with Gasteiger partial charge in [0.2, 0.25) is 5.91 Å². The number of amides is 1. The summed E-state index contributed by atoms with van der Waals surface area (Å²) >= 11 is 0. The number of carbonyl (C=O) groups excluding carboxylic acids is 1. The standard InChI is InChI=1S/C20H21NO/c22-20-13-12-19-18-10-5-4-9-17(18)16(11-6-14-21(19)20)15-7-2-1-3-8-15/h1-5,7-10,16,19H,6,11-14H2/t16-,19-/m1/s1. The van der Waals surface area contributed by atoms with E-state index in [2.05, 4.69) is 59.5 Å². The molecule has 2 heteroatoms. The quantitative estimate of drug-likeness (QED) is 0.768. The third-order valence-electron chi connectivity index (χ3n) is 5.15. The van der Waals surface area contributed by atoms with Gasteiger partial charge in [0.1, 0.15) is 0 Å². The van der Waals surface area contributed by atoms with Gasteiger partial charge in [0.25, 0.3) is 0 Å². The average Bonchev–Trinajstić information content (AvgIpc) is 2.91. The summed E-state index contributed by atoms with van der Waals surface area (Å²) in [7, 11) is 0. The van der Waals surface area contributed by atoms with Crippen LogP contribution < -0.4 is 0 Å². The van der Waals surface area contributed by atoms with Crippen LogP contribution in [0.2, 0.25) is 0 Å². The van der Waals surface area contributed by atoms with E-state index in [1.165, 1.54) is 16.7 Å². The Balaban J connectivity index is 1.81. The maximum Gasteiger partial charge on any atom is 0.223 e. The van der Waals surface area contributed by atoms with Gasteiger partial charge in [-0.3, -0.25) is 4.79 Å². The third kappa shape index (κ3) is 2.23. The maximum atomic E-state index is 12.2. The van der Waals surface area contributed by atoms with E-state index in [1.54, 1.807) is 0 Å². The van der Waals surface area contributed by atoms with Crippen LogP contribution in [0.1, 0.15) is 54.3 Å². The lowest BCUT2D eigenvalue weighted by atomic mass is 9.81. The summed E-state index contributed by atoms with van der Waals surface area (Å²) in [5.74, 6) is 0.785. The first-order valence-electron chi connectivity index (χ1n) is 8.28. The average molecular weight is 291 g/mol. The highest BCUT2D eigenvalue weighted by molar-refractivity contribution is 5.79. The van der Waals surface area contributed by atoms with Crippen molar-refractivity contribution in [3.05, 3.63) is 71.3 Å². The molecule has 0 aliphatic carbocycles. The second-order valence-electron chi connectivity index (χ2n) is 6.38. The summed E-state index contributed by atoms with van der Waals surface area (Å²) in [6.45, 7) is 0.904. The van der Waals surface area contributed by atoms with Gasteiger partial charge in [0.15, 0.2) is 0 Å². The first-order chi connectivity index (χ1) is 10.8. The molecule has 0 radical (unpaired) electrons. The largest absolute Gasteiger partial charge is 0.336 e. The molecule has 2 aromatic rings. The van der Waals surface area contributed by atoms with Crippen LogP contribution in [0.25, 0.3) is 0 Å². The Morgan fingerprint density at radius 3 is 2.41 bits per heavy atom. The van der Waals surface area contributed by atoms with Crippen molar-refractivity contribution in [1.29, 1.82) is 0 Å². The van der Waals surface area contributed by atoms with Crippen LogP contribution >= 0.6 is 0 Å². The van der Waals surface area contributed by atoms with Crippen LogP contribution in [0, 0.1) is 0 Å². The molecule has 1 amide bonds. The summed E-state index contributed by atoms with van der Waals surface area (Å²) < 4.78 is 0. The number of carbonyl (C=O) groups is 1. The zero-order valence-electron chi connectivity index (χ0n) is 12.7. The van der Waals surface area contributed by atoms with Crippen molar-refractivity contribution >= 4 is 5.91 Å². The maximum absolute atomic E-state index is 12.2. The number of hydrogen-bond acceptors (Lipinski definition) is 1. The molecule has 4 rings (SSSR count). The van der Waals surface area contributed by atoms with Crippen molar-refractivity contribution in [1.82, 2.24) is 4.90 Å². The van der Waals surface area contributed by atoms with E-state index in [0.717, 1.165) is 25.8 Å². The lowest BCUT2D eigenvalue weighted by Crippen LogP contribution is -2.31. The van der Waals surface area contributed by atoms with Crippen molar-refractivity contribution < 1.29 is 4.79 Å². The van der Waals surface area contributed by atoms with Gasteiger partial charge in [0, 0.05) is 18.9 Å². The lowest BCUT2D eigenvalue weighted by Gasteiger charge is -2.33. The van der Waals surface area contributed by atoms with E-state index < -0.39 is 0 Å². The monoisotopic (exact) mass is 291 g/mol. The lowest BCUT2D eigenvalue weighted by molar-refractivity contribution is -0.129. The van der Waals surface area contributed by atoms with Gasteiger partial charge in [-0.1, -0.05) is 54.6 Å². The second-order valence-corrected chi connectivity index (χ2v) is 6.38. The molecule has 0 N–H and O–H groups in total. The molecule has 2 aliphatic heterocycles. The normalized spacial score (nSPS) is 24.4. The van der Waals surface area contributed by atoms with Crippen LogP contribution in [-0.4, -0.2) is 17.4 Å². The van der Waals surface area contributed by atoms with Crippen molar-refractivity contribution in [2.75, 3.05) is 6.54 Å². The van der Waals surface area contributed by atoms with E-state index in [4.69, 9.17) is 0 Å². The second kappa shape index (κ2) is 5.60. The summed E-state index contributed by atoms with van der Waals surface area (Å²) in [6.07, 6.45) is 3.86. The molecule has 0 spiro atoms. The topological polar surface area (TPSA) is 20.3 Å². The number of benzene rings is 2. The molecule has 1 fully saturated rings. The van der Waals surface area contributed by atoms with Crippen molar-refractivity contribution in [2.24, 2.45) is 0 Å². The molecular weight excluding hydrogens is 270 g/mol. The molecule has 22 heavy (non-hydrogen) atoms. The van der Waals surface area contributed by atoms with E-state index in [0.29, 0.717) is 18.2 Å². The molecule has 0 unspecified atom stereocenters. The van der Waals surface area contributed by atoms with Gasteiger partial charge in [-0.05, 0) is 36.0 Å². The van der Waals surface area contributed by atoms with E-state index in [-0.39, 0.29) is 6.04 Å². The third-order valence-corrected chi connectivity index (χ3v) is 5.15. The van der Waals surface area contributed by atoms with Crippen molar-refractivity contribution in [3.8, 4) is 0 Å². The molecule has 2 aliphatic rings. The van der Waals surface area contributed by atoms with Gasteiger partial charge < -0.3 is 4.90 Å². The van der Waals surface area contributed by atoms with Crippen LogP contribution in [-0.2, 0) is 4.79 Å². The predicted molar refractivity (Wildman–Crippen MR) is 87.6 cm³/mol. The van der Waals surface area contributed by atoms with Gasteiger partial charge in [0.05, 0.1) is 6.04 Å². The Labute approximate surface area is 131 Å². The summed E-state index contributed by atoms with van der Waals surface area (Å²) in [4.78, 5) is 14.3. The predicted octanol–water partition coefficient (Wildman–Crippen LogP) is 4.28. The molecular formula is C20H21NO. The fraction of sp³-hybridized carbons (Fsp3) is 0.350. The fourth-order valence-electron chi connectivity index (χ4n) is 4.12. The molecule has 2 atom stereocenters. The number of rotatable bonds is 1. The molecule has 112 valence electrons. The van der Waals surface area contributed by atoms with E-state index in [9.17, 15) is 4.79 Å². The van der Waals surface area contributed by atoms with Crippen LogP contribution in [0.5, 0.6) is 0 Å². The molecule has 2 aromatic carbocycles. The smallest absolute Gasteiger partial charge is 0.223 e. The Morgan fingerprint density at radius 1 is 0.864 bits per heavy atom. The molecule has 1 saturated heterocycles. The minimum absolute atomic E-state index is 0.287. The van der Waals surface area contributed by atoms with Gasteiger partial charge in [-0.15, -0.1) is 0 Å². The number of hydrogen-bond donors (Lipinski definition) is 0. The van der Waals surface area contributed by atoms with Gasteiger partial charge >= 0.3 is 0 Å². The van der Waals surface area contributed by atoms with Crippen LogP contribution in [0.4, 0.5) is 0 Å². The van der Waals surface area contributed by atoms with E-state index in [1.807, 2.05) is 0 Å². The highest BCUT2D eigenvalue weighted by atomic mass is 16.2. The molecule has 2 heterocycles. The SMILES string of the molecule is O=C1CC[C@@H]2c3ccccc3[C@@H](c3ccccc3)CCCN12.